The van der Waals surface area contributed by atoms with E-state index >= 15 is 0 Å². The fraction of sp³-hybridized carbons (Fsp3) is 0.562. The van der Waals surface area contributed by atoms with E-state index in [-0.39, 0.29) is 18.1 Å². The average molecular weight is 291 g/mol. The Morgan fingerprint density at radius 3 is 2.86 bits per heavy atom. The summed E-state index contributed by atoms with van der Waals surface area (Å²) >= 11 is 0. The Morgan fingerprint density at radius 1 is 1.33 bits per heavy atom. The summed E-state index contributed by atoms with van der Waals surface area (Å²) in [7, 11) is 0. The standard InChI is InChI=1S/C16H21NO4/c18-16(19)12-9-15(17-10-12)11-2-1-3-14(8-11)21-13-4-6-20-7-5-13/h1-3,8,12-13,15,17H,4-7,9-10H2,(H,18,19). The molecule has 21 heavy (non-hydrogen) atoms. The molecule has 2 aliphatic rings. The Kier molecular flexibility index (Phi) is 4.41. The molecule has 2 atom stereocenters. The van der Waals surface area contributed by atoms with Gasteiger partial charge in [-0.3, -0.25) is 4.79 Å². The first-order chi connectivity index (χ1) is 10.2. The van der Waals surface area contributed by atoms with Crippen LogP contribution >= 0.6 is 0 Å². The first-order valence-electron chi connectivity index (χ1n) is 7.53. The number of aliphatic carboxylic acids is 1. The molecule has 0 aromatic heterocycles. The number of hydrogen-bond acceptors (Lipinski definition) is 4. The minimum atomic E-state index is -0.723. The maximum Gasteiger partial charge on any atom is 0.307 e. The molecule has 0 amide bonds. The Morgan fingerprint density at radius 2 is 2.14 bits per heavy atom. The zero-order chi connectivity index (χ0) is 14.7. The smallest absolute Gasteiger partial charge is 0.307 e. The number of carbonyl (C=O) groups is 1. The summed E-state index contributed by atoms with van der Waals surface area (Å²) in [5.74, 6) is -0.158. The molecule has 0 saturated carbocycles. The monoisotopic (exact) mass is 291 g/mol. The third kappa shape index (κ3) is 3.54. The highest BCUT2D eigenvalue weighted by atomic mass is 16.5. The van der Waals surface area contributed by atoms with Gasteiger partial charge in [-0.2, -0.15) is 0 Å². The summed E-state index contributed by atoms with van der Waals surface area (Å²) in [6.45, 7) is 2.05. The van der Waals surface area contributed by atoms with Gasteiger partial charge in [-0.15, -0.1) is 0 Å². The van der Waals surface area contributed by atoms with Crippen LogP contribution in [0.1, 0.15) is 30.9 Å². The van der Waals surface area contributed by atoms with Gasteiger partial charge in [-0.25, -0.2) is 0 Å². The molecule has 0 spiro atoms. The molecule has 2 N–H and O–H groups in total. The van der Waals surface area contributed by atoms with Crippen LogP contribution in [0.3, 0.4) is 0 Å². The van der Waals surface area contributed by atoms with Gasteiger partial charge in [0.05, 0.1) is 19.1 Å². The summed E-state index contributed by atoms with van der Waals surface area (Å²) in [4.78, 5) is 11.0. The summed E-state index contributed by atoms with van der Waals surface area (Å²) in [6.07, 6.45) is 2.70. The molecule has 5 heteroatoms. The maximum absolute atomic E-state index is 11.0. The van der Waals surface area contributed by atoms with Crippen LogP contribution in [0.25, 0.3) is 0 Å². The van der Waals surface area contributed by atoms with Crippen molar-refractivity contribution in [1.29, 1.82) is 0 Å². The second-order valence-electron chi connectivity index (χ2n) is 5.73. The van der Waals surface area contributed by atoms with E-state index in [4.69, 9.17) is 14.6 Å². The van der Waals surface area contributed by atoms with Gasteiger partial charge in [0.1, 0.15) is 11.9 Å². The van der Waals surface area contributed by atoms with Crippen molar-refractivity contribution in [1.82, 2.24) is 5.32 Å². The van der Waals surface area contributed by atoms with E-state index in [1.165, 1.54) is 0 Å². The van der Waals surface area contributed by atoms with E-state index < -0.39 is 5.97 Å². The summed E-state index contributed by atoms with van der Waals surface area (Å²) in [5.41, 5.74) is 1.10. The summed E-state index contributed by atoms with van der Waals surface area (Å²) in [6, 6.07) is 8.09. The first-order valence-corrected chi connectivity index (χ1v) is 7.53. The van der Waals surface area contributed by atoms with Gasteiger partial charge in [0.25, 0.3) is 0 Å². The molecule has 2 heterocycles. The molecular formula is C16H21NO4. The lowest BCUT2D eigenvalue weighted by molar-refractivity contribution is -0.141. The zero-order valence-electron chi connectivity index (χ0n) is 12.0. The van der Waals surface area contributed by atoms with E-state index in [1.807, 2.05) is 24.3 Å². The van der Waals surface area contributed by atoms with Crippen molar-refractivity contribution in [2.24, 2.45) is 5.92 Å². The largest absolute Gasteiger partial charge is 0.490 e. The van der Waals surface area contributed by atoms with Crippen molar-refractivity contribution >= 4 is 5.97 Å². The highest BCUT2D eigenvalue weighted by Crippen LogP contribution is 2.30. The topological polar surface area (TPSA) is 67.8 Å². The van der Waals surface area contributed by atoms with Crippen LogP contribution in [0.2, 0.25) is 0 Å². The molecule has 2 fully saturated rings. The second kappa shape index (κ2) is 6.45. The third-order valence-corrected chi connectivity index (χ3v) is 4.21. The minimum Gasteiger partial charge on any atom is -0.490 e. The number of benzene rings is 1. The van der Waals surface area contributed by atoms with E-state index in [0.29, 0.717) is 13.0 Å². The van der Waals surface area contributed by atoms with E-state index in [0.717, 1.165) is 37.4 Å². The van der Waals surface area contributed by atoms with Crippen molar-refractivity contribution in [2.45, 2.75) is 31.4 Å². The van der Waals surface area contributed by atoms with Crippen LogP contribution in [-0.4, -0.2) is 36.9 Å². The fourth-order valence-electron chi connectivity index (χ4n) is 2.97. The molecule has 2 unspecified atom stereocenters. The molecule has 114 valence electrons. The zero-order valence-corrected chi connectivity index (χ0v) is 12.0. The van der Waals surface area contributed by atoms with Gasteiger partial charge in [0.2, 0.25) is 0 Å². The normalized spacial score (nSPS) is 26.7. The molecule has 0 aliphatic carbocycles. The highest BCUT2D eigenvalue weighted by Gasteiger charge is 2.30. The highest BCUT2D eigenvalue weighted by molar-refractivity contribution is 5.70. The molecule has 2 aliphatic heterocycles. The minimum absolute atomic E-state index is 0.101. The van der Waals surface area contributed by atoms with Gasteiger partial charge in [-0.05, 0) is 24.1 Å². The van der Waals surface area contributed by atoms with Crippen molar-refractivity contribution in [3.05, 3.63) is 29.8 Å². The molecule has 2 saturated heterocycles. The quantitative estimate of drug-likeness (QED) is 0.888. The number of carboxylic acid groups (broad SMARTS) is 1. The van der Waals surface area contributed by atoms with E-state index in [2.05, 4.69) is 5.32 Å². The van der Waals surface area contributed by atoms with Crippen molar-refractivity contribution in [2.75, 3.05) is 19.8 Å². The van der Waals surface area contributed by atoms with E-state index in [9.17, 15) is 4.79 Å². The Balaban J connectivity index is 1.64. The van der Waals surface area contributed by atoms with Gasteiger partial charge < -0.3 is 19.9 Å². The third-order valence-electron chi connectivity index (χ3n) is 4.21. The molecular weight excluding hydrogens is 270 g/mol. The number of carboxylic acids is 1. The second-order valence-corrected chi connectivity index (χ2v) is 5.73. The van der Waals surface area contributed by atoms with Crippen LogP contribution in [-0.2, 0) is 9.53 Å². The molecule has 1 aromatic carbocycles. The van der Waals surface area contributed by atoms with Crippen LogP contribution < -0.4 is 10.1 Å². The van der Waals surface area contributed by atoms with Gasteiger partial charge in [0, 0.05) is 25.4 Å². The lowest BCUT2D eigenvalue weighted by atomic mass is 10.00. The van der Waals surface area contributed by atoms with Gasteiger partial charge >= 0.3 is 5.97 Å². The fourth-order valence-corrected chi connectivity index (χ4v) is 2.97. The number of ether oxygens (including phenoxy) is 2. The van der Waals surface area contributed by atoms with Gasteiger partial charge in [0.15, 0.2) is 0 Å². The molecule has 3 rings (SSSR count). The predicted octanol–water partition coefficient (Wildman–Crippen LogP) is 1.98. The van der Waals surface area contributed by atoms with E-state index in [1.54, 1.807) is 0 Å². The van der Waals surface area contributed by atoms with Crippen LogP contribution in [0.5, 0.6) is 5.75 Å². The summed E-state index contributed by atoms with van der Waals surface area (Å²) < 4.78 is 11.3. The SMILES string of the molecule is O=C(O)C1CNC(c2cccc(OC3CCOCC3)c2)C1. The molecule has 5 nitrogen and oxygen atoms in total. The summed E-state index contributed by atoms with van der Waals surface area (Å²) in [5, 5.41) is 12.4. The lowest BCUT2D eigenvalue weighted by Gasteiger charge is -2.24. The Hall–Kier alpha value is -1.59. The Labute approximate surface area is 124 Å². The average Bonchev–Trinajstić information content (AvgIpc) is 2.99. The number of rotatable bonds is 4. The maximum atomic E-state index is 11.0. The van der Waals surface area contributed by atoms with Crippen molar-refractivity contribution < 1.29 is 19.4 Å². The van der Waals surface area contributed by atoms with Crippen molar-refractivity contribution in [3.63, 3.8) is 0 Å². The molecule has 1 aromatic rings. The Bertz CT molecular complexity index is 499. The molecule has 0 radical (unpaired) electrons. The van der Waals surface area contributed by atoms with Crippen LogP contribution in [0, 0.1) is 5.92 Å². The number of nitrogens with one attached hydrogen (secondary N) is 1. The lowest BCUT2D eigenvalue weighted by Crippen LogP contribution is -2.26. The van der Waals surface area contributed by atoms with Gasteiger partial charge in [-0.1, -0.05) is 12.1 Å². The van der Waals surface area contributed by atoms with Crippen LogP contribution in [0.15, 0.2) is 24.3 Å². The van der Waals surface area contributed by atoms with Crippen LogP contribution in [0.4, 0.5) is 0 Å². The number of hydrogen-bond donors (Lipinski definition) is 2. The predicted molar refractivity (Wildman–Crippen MR) is 77.4 cm³/mol. The first kappa shape index (κ1) is 14.4. The van der Waals surface area contributed by atoms with Crippen molar-refractivity contribution in [3.8, 4) is 5.75 Å². The molecule has 0 bridgehead atoms.